The molecule has 0 fully saturated rings. The lowest BCUT2D eigenvalue weighted by atomic mass is 10.1. The fraction of sp³-hybridized carbons (Fsp3) is 0.105. The molecular weight excluding hydrogens is 328 g/mol. The fourth-order valence-electron chi connectivity index (χ4n) is 2.58. The average molecular weight is 348 g/mol. The molecule has 1 aromatic heterocycles. The topological polar surface area (TPSA) is 110 Å². The predicted molar refractivity (Wildman–Crippen MR) is 102 cm³/mol. The van der Waals surface area contributed by atoms with E-state index in [4.69, 9.17) is 11.5 Å². The van der Waals surface area contributed by atoms with Gasteiger partial charge in [0.15, 0.2) is 0 Å². The van der Waals surface area contributed by atoms with Gasteiger partial charge in [-0.2, -0.15) is 0 Å². The Bertz CT molecular complexity index is 899. The molecule has 26 heavy (non-hydrogen) atoms. The summed E-state index contributed by atoms with van der Waals surface area (Å²) in [7, 11) is 1.90. The van der Waals surface area contributed by atoms with Gasteiger partial charge in [0, 0.05) is 36.3 Å². The third-order valence-electron chi connectivity index (χ3n) is 4.03. The van der Waals surface area contributed by atoms with Crippen molar-refractivity contribution >= 4 is 17.3 Å². The first-order valence-electron chi connectivity index (χ1n) is 8.00. The molecule has 3 rings (SSSR count). The van der Waals surface area contributed by atoms with Gasteiger partial charge in [0.25, 0.3) is 0 Å². The number of pyridine rings is 1. The lowest BCUT2D eigenvalue weighted by Crippen LogP contribution is -2.35. The third kappa shape index (κ3) is 3.56. The summed E-state index contributed by atoms with van der Waals surface area (Å²) in [6, 6.07) is 10.6. The van der Waals surface area contributed by atoms with Gasteiger partial charge in [-0.3, -0.25) is 9.78 Å². The maximum Gasteiger partial charge on any atom is 0.248 e. The van der Waals surface area contributed by atoms with E-state index in [1.165, 1.54) is 0 Å². The SMILES string of the molecule is C=C(Nc1ccc(C(N)=O)cc1)C1=C(N)N(C)CC(c2cccnc2)=N1. The minimum Gasteiger partial charge on any atom is -0.384 e. The van der Waals surface area contributed by atoms with Crippen molar-refractivity contribution in [1.82, 2.24) is 9.88 Å². The summed E-state index contributed by atoms with van der Waals surface area (Å²) < 4.78 is 0. The van der Waals surface area contributed by atoms with Crippen molar-refractivity contribution in [1.29, 1.82) is 0 Å². The predicted octanol–water partition coefficient (Wildman–Crippen LogP) is 1.67. The second-order valence-corrected chi connectivity index (χ2v) is 5.94. The van der Waals surface area contributed by atoms with Crippen molar-refractivity contribution in [2.75, 3.05) is 18.9 Å². The molecule has 0 saturated carbocycles. The molecule has 7 nitrogen and oxygen atoms in total. The Morgan fingerprint density at radius 1 is 1.27 bits per heavy atom. The quantitative estimate of drug-likeness (QED) is 0.761. The van der Waals surface area contributed by atoms with Gasteiger partial charge in [-0.05, 0) is 30.3 Å². The Morgan fingerprint density at radius 2 is 2.00 bits per heavy atom. The van der Waals surface area contributed by atoms with Crippen molar-refractivity contribution in [2.45, 2.75) is 0 Å². The van der Waals surface area contributed by atoms with Gasteiger partial charge in [-0.1, -0.05) is 12.6 Å². The highest BCUT2D eigenvalue weighted by molar-refractivity contribution is 6.03. The van der Waals surface area contributed by atoms with Gasteiger partial charge in [0.1, 0.15) is 11.5 Å². The number of anilines is 1. The molecule has 2 aromatic rings. The molecule has 132 valence electrons. The Kier molecular flexibility index (Phi) is 4.70. The number of aromatic nitrogens is 1. The van der Waals surface area contributed by atoms with E-state index in [2.05, 4.69) is 21.9 Å². The molecule has 7 heteroatoms. The van der Waals surface area contributed by atoms with E-state index < -0.39 is 5.91 Å². The molecule has 1 amide bonds. The van der Waals surface area contributed by atoms with Crippen LogP contribution in [0.3, 0.4) is 0 Å². The smallest absolute Gasteiger partial charge is 0.248 e. The average Bonchev–Trinajstić information content (AvgIpc) is 2.65. The van der Waals surface area contributed by atoms with Crippen molar-refractivity contribution < 1.29 is 4.79 Å². The zero-order valence-electron chi connectivity index (χ0n) is 14.4. The van der Waals surface area contributed by atoms with E-state index in [0.29, 0.717) is 29.3 Å². The number of carbonyl (C=O) groups is 1. The van der Waals surface area contributed by atoms with E-state index in [-0.39, 0.29) is 0 Å². The number of aliphatic imine (C=N–C) groups is 1. The zero-order chi connectivity index (χ0) is 18.7. The molecule has 1 aromatic carbocycles. The van der Waals surface area contributed by atoms with Gasteiger partial charge < -0.3 is 21.7 Å². The molecule has 0 atom stereocenters. The number of amides is 1. The van der Waals surface area contributed by atoms with E-state index >= 15 is 0 Å². The number of primary amides is 1. The molecule has 1 aliphatic rings. The van der Waals surface area contributed by atoms with Crippen molar-refractivity contribution in [2.24, 2.45) is 16.5 Å². The zero-order valence-corrected chi connectivity index (χ0v) is 14.4. The van der Waals surface area contributed by atoms with Crippen LogP contribution >= 0.6 is 0 Å². The van der Waals surface area contributed by atoms with Crippen LogP contribution < -0.4 is 16.8 Å². The van der Waals surface area contributed by atoms with E-state index in [1.807, 2.05) is 24.1 Å². The van der Waals surface area contributed by atoms with E-state index in [0.717, 1.165) is 17.0 Å². The maximum absolute atomic E-state index is 11.2. The minimum atomic E-state index is -0.470. The van der Waals surface area contributed by atoms with Crippen molar-refractivity contribution in [3.8, 4) is 0 Å². The van der Waals surface area contributed by atoms with Crippen LogP contribution in [0.15, 0.2) is 77.6 Å². The largest absolute Gasteiger partial charge is 0.384 e. The summed E-state index contributed by atoms with van der Waals surface area (Å²) in [5, 5.41) is 3.17. The number of hydrogen-bond acceptors (Lipinski definition) is 6. The molecule has 5 N–H and O–H groups in total. The summed E-state index contributed by atoms with van der Waals surface area (Å²) in [5.41, 5.74) is 15.6. The number of benzene rings is 1. The van der Waals surface area contributed by atoms with Crippen LogP contribution in [0.25, 0.3) is 0 Å². The number of likely N-dealkylation sites (N-methyl/N-ethyl adjacent to an activating group) is 1. The Balaban J connectivity index is 1.85. The first-order valence-corrected chi connectivity index (χ1v) is 8.00. The fourth-order valence-corrected chi connectivity index (χ4v) is 2.58. The molecular formula is C19H20N6O. The number of nitrogens with zero attached hydrogens (tertiary/aromatic N) is 3. The normalized spacial score (nSPS) is 14.0. The van der Waals surface area contributed by atoms with Crippen molar-refractivity contribution in [3.05, 3.63) is 83.7 Å². The van der Waals surface area contributed by atoms with Crippen LogP contribution in [0.2, 0.25) is 0 Å². The molecule has 0 saturated heterocycles. The first kappa shape index (κ1) is 17.2. The van der Waals surface area contributed by atoms with Gasteiger partial charge in [-0.25, -0.2) is 4.99 Å². The standard InChI is InChI=1S/C19H20N6O/c1-12(23-15-7-5-13(6-8-15)19(21)26)17-18(20)25(2)11-16(24-17)14-4-3-9-22-10-14/h3-10,23H,1,11,20H2,2H3,(H2,21,26). The summed E-state index contributed by atoms with van der Waals surface area (Å²) in [5.74, 6) is 0.0610. The monoisotopic (exact) mass is 348 g/mol. The Labute approximate surface area is 151 Å². The summed E-state index contributed by atoms with van der Waals surface area (Å²) in [4.78, 5) is 21.9. The highest BCUT2D eigenvalue weighted by atomic mass is 16.1. The first-order chi connectivity index (χ1) is 12.5. The van der Waals surface area contributed by atoms with Gasteiger partial charge >= 0.3 is 0 Å². The number of carbonyl (C=O) groups excluding carboxylic acids is 1. The Morgan fingerprint density at radius 3 is 2.62 bits per heavy atom. The van der Waals surface area contributed by atoms with E-state index in [9.17, 15) is 4.79 Å². The third-order valence-corrected chi connectivity index (χ3v) is 4.03. The van der Waals surface area contributed by atoms with Gasteiger partial charge in [0.05, 0.1) is 18.0 Å². The molecule has 2 heterocycles. The molecule has 1 aliphatic heterocycles. The Hall–Kier alpha value is -3.61. The molecule has 0 aliphatic carbocycles. The number of hydrogen-bond donors (Lipinski definition) is 3. The van der Waals surface area contributed by atoms with Gasteiger partial charge in [0.2, 0.25) is 5.91 Å². The number of nitrogens with one attached hydrogen (secondary N) is 1. The minimum absolute atomic E-state index is 0.439. The van der Waals surface area contributed by atoms with Crippen LogP contribution in [0.5, 0.6) is 0 Å². The van der Waals surface area contributed by atoms with Crippen LogP contribution in [0, 0.1) is 0 Å². The van der Waals surface area contributed by atoms with Crippen LogP contribution in [-0.2, 0) is 0 Å². The van der Waals surface area contributed by atoms with Gasteiger partial charge in [-0.15, -0.1) is 0 Å². The van der Waals surface area contributed by atoms with Crippen molar-refractivity contribution in [3.63, 3.8) is 0 Å². The van der Waals surface area contributed by atoms with E-state index in [1.54, 1.807) is 36.7 Å². The summed E-state index contributed by atoms with van der Waals surface area (Å²) in [6.07, 6.45) is 3.49. The second-order valence-electron chi connectivity index (χ2n) is 5.94. The molecule has 0 unspecified atom stereocenters. The highest BCUT2D eigenvalue weighted by Gasteiger charge is 2.20. The second kappa shape index (κ2) is 7.10. The molecule has 0 spiro atoms. The van der Waals surface area contributed by atoms with Crippen LogP contribution in [0.1, 0.15) is 15.9 Å². The summed E-state index contributed by atoms with van der Waals surface area (Å²) >= 11 is 0. The lowest BCUT2D eigenvalue weighted by molar-refractivity contribution is 0.100. The number of rotatable bonds is 5. The maximum atomic E-state index is 11.2. The lowest BCUT2D eigenvalue weighted by Gasteiger charge is -2.28. The summed E-state index contributed by atoms with van der Waals surface area (Å²) in [6.45, 7) is 4.64. The van der Waals surface area contributed by atoms with Crippen LogP contribution in [-0.4, -0.2) is 35.1 Å². The van der Waals surface area contributed by atoms with Crippen LogP contribution in [0.4, 0.5) is 5.69 Å². The number of nitrogens with two attached hydrogens (primary N) is 2. The highest BCUT2D eigenvalue weighted by Crippen LogP contribution is 2.23. The molecule has 0 radical (unpaired) electrons. The molecule has 0 bridgehead atoms.